The Labute approximate surface area is 208 Å². The second kappa shape index (κ2) is 9.71. The van der Waals surface area contributed by atoms with Gasteiger partial charge in [0.2, 0.25) is 34.8 Å². The summed E-state index contributed by atoms with van der Waals surface area (Å²) in [5.41, 5.74) is 1.64. The molecule has 1 unspecified atom stereocenters. The summed E-state index contributed by atoms with van der Waals surface area (Å²) < 4.78 is 74.5. The highest BCUT2D eigenvalue weighted by Gasteiger charge is 2.29. The van der Waals surface area contributed by atoms with E-state index in [2.05, 4.69) is 4.99 Å². The van der Waals surface area contributed by atoms with Crippen molar-refractivity contribution in [3.8, 4) is 11.5 Å². The van der Waals surface area contributed by atoms with Crippen molar-refractivity contribution in [2.45, 2.75) is 65.7 Å². The molecule has 3 nitrogen and oxygen atoms in total. The number of allylic oxidation sites excluding steroid dienone is 3. The molecule has 1 N–H and O–H groups in total. The minimum Gasteiger partial charge on any atom is -0.507 e. The maximum atomic E-state index is 14.2. The molecule has 0 spiro atoms. The highest BCUT2D eigenvalue weighted by molar-refractivity contribution is 5.86. The van der Waals surface area contributed by atoms with Gasteiger partial charge >= 0.3 is 0 Å². The number of halogens is 5. The zero-order valence-corrected chi connectivity index (χ0v) is 21.4. The average Bonchev–Trinajstić information content (AvgIpc) is 2.78. The quantitative estimate of drug-likeness (QED) is 0.197. The van der Waals surface area contributed by atoms with Gasteiger partial charge in [-0.2, -0.15) is 8.78 Å². The fourth-order valence-corrected chi connectivity index (χ4v) is 3.72. The molecule has 0 radical (unpaired) electrons. The number of aliphatic imine (C=N–C) groups is 1. The van der Waals surface area contributed by atoms with Crippen LogP contribution in [0.25, 0.3) is 0 Å². The van der Waals surface area contributed by atoms with Gasteiger partial charge in [0.1, 0.15) is 17.2 Å². The van der Waals surface area contributed by atoms with Crippen LogP contribution in [0.1, 0.15) is 71.6 Å². The van der Waals surface area contributed by atoms with Crippen LogP contribution in [0.3, 0.4) is 0 Å². The van der Waals surface area contributed by atoms with Crippen molar-refractivity contribution in [1.29, 1.82) is 0 Å². The second-order valence-corrected chi connectivity index (χ2v) is 11.1. The molecule has 1 atom stereocenters. The Morgan fingerprint density at radius 2 is 1.44 bits per heavy atom. The molecular formula is C28H30F5NO2. The fourth-order valence-electron chi connectivity index (χ4n) is 3.72. The van der Waals surface area contributed by atoms with E-state index in [1.54, 1.807) is 25.1 Å². The Morgan fingerprint density at radius 3 is 1.97 bits per heavy atom. The van der Waals surface area contributed by atoms with Crippen LogP contribution in [0.2, 0.25) is 0 Å². The summed E-state index contributed by atoms with van der Waals surface area (Å²) in [6.07, 6.45) is 4.84. The number of benzene rings is 2. The molecular weight excluding hydrogens is 477 g/mol. The van der Waals surface area contributed by atoms with Crippen LogP contribution in [-0.4, -0.2) is 11.3 Å². The third kappa shape index (κ3) is 5.47. The third-order valence-corrected chi connectivity index (χ3v) is 5.93. The van der Waals surface area contributed by atoms with Crippen LogP contribution in [-0.2, 0) is 10.8 Å². The largest absolute Gasteiger partial charge is 0.507 e. The average molecular weight is 508 g/mol. The molecule has 194 valence electrons. The van der Waals surface area contributed by atoms with Gasteiger partial charge in [-0.05, 0) is 34.5 Å². The van der Waals surface area contributed by atoms with E-state index in [-0.39, 0.29) is 40.4 Å². The molecule has 0 heterocycles. The topological polar surface area (TPSA) is 41.8 Å². The van der Waals surface area contributed by atoms with E-state index in [0.717, 1.165) is 11.1 Å². The molecule has 0 aromatic heterocycles. The van der Waals surface area contributed by atoms with E-state index in [0.29, 0.717) is 5.56 Å². The Morgan fingerprint density at radius 1 is 0.889 bits per heavy atom. The van der Waals surface area contributed by atoms with E-state index in [1.165, 1.54) is 6.21 Å². The third-order valence-electron chi connectivity index (χ3n) is 5.93. The molecule has 8 heteroatoms. The SMILES string of the molecule is CC1C=CC(N=Cc2cc(C(C)(C)C)cc(C(C)(C)C)c2O)=C(Oc2c(F)c(F)c(F)c(F)c2F)C1. The summed E-state index contributed by atoms with van der Waals surface area (Å²) in [6, 6.07) is 3.75. The zero-order valence-electron chi connectivity index (χ0n) is 21.4. The van der Waals surface area contributed by atoms with Crippen molar-refractivity contribution < 1.29 is 31.8 Å². The van der Waals surface area contributed by atoms with Crippen molar-refractivity contribution in [2.24, 2.45) is 10.9 Å². The number of ether oxygens (including phenoxy) is 1. The first-order valence-corrected chi connectivity index (χ1v) is 11.5. The van der Waals surface area contributed by atoms with Gasteiger partial charge in [-0.3, -0.25) is 4.99 Å². The van der Waals surface area contributed by atoms with Gasteiger partial charge in [0, 0.05) is 23.8 Å². The van der Waals surface area contributed by atoms with Crippen LogP contribution in [0.5, 0.6) is 11.5 Å². The summed E-state index contributed by atoms with van der Waals surface area (Å²) in [6.45, 7) is 13.8. The van der Waals surface area contributed by atoms with Gasteiger partial charge in [-0.25, -0.2) is 13.2 Å². The minimum absolute atomic E-state index is 0.0373. The lowest BCUT2D eigenvalue weighted by atomic mass is 9.79. The lowest BCUT2D eigenvalue weighted by Gasteiger charge is -2.27. The molecule has 1 aliphatic carbocycles. The van der Waals surface area contributed by atoms with Crippen LogP contribution in [0.4, 0.5) is 22.0 Å². The standard InChI is InChI=1S/C28H30F5NO2/c1-14-8-9-18(19(10-14)36-26-23(32)21(30)20(29)22(31)24(26)33)34-13-15-11-16(27(2,3)4)12-17(25(15)35)28(5,6)7/h8-9,11-14,35H,10H2,1-7H3. The number of phenols is 1. The Bertz CT molecular complexity index is 1250. The summed E-state index contributed by atoms with van der Waals surface area (Å²) in [7, 11) is 0. The first-order valence-electron chi connectivity index (χ1n) is 11.5. The number of hydrogen-bond donors (Lipinski definition) is 1. The van der Waals surface area contributed by atoms with E-state index in [4.69, 9.17) is 4.74 Å². The molecule has 2 aromatic carbocycles. The Balaban J connectivity index is 2.12. The second-order valence-electron chi connectivity index (χ2n) is 11.1. The van der Waals surface area contributed by atoms with E-state index in [1.807, 2.05) is 47.6 Å². The highest BCUT2D eigenvalue weighted by Crippen LogP contribution is 2.38. The Kier molecular flexibility index (Phi) is 7.40. The first-order chi connectivity index (χ1) is 16.5. The van der Waals surface area contributed by atoms with Crippen molar-refractivity contribution in [1.82, 2.24) is 0 Å². The number of hydrogen-bond acceptors (Lipinski definition) is 3. The van der Waals surface area contributed by atoms with E-state index in [9.17, 15) is 27.1 Å². The van der Waals surface area contributed by atoms with E-state index >= 15 is 0 Å². The predicted octanol–water partition coefficient (Wildman–Crippen LogP) is 7.99. The predicted molar refractivity (Wildman–Crippen MR) is 130 cm³/mol. The molecule has 36 heavy (non-hydrogen) atoms. The van der Waals surface area contributed by atoms with Crippen molar-refractivity contribution in [2.75, 3.05) is 0 Å². The van der Waals surface area contributed by atoms with Gasteiger partial charge in [0.05, 0.1) is 0 Å². The molecule has 0 aliphatic heterocycles. The lowest BCUT2D eigenvalue weighted by molar-refractivity contribution is 0.301. The smallest absolute Gasteiger partial charge is 0.207 e. The van der Waals surface area contributed by atoms with Gasteiger partial charge in [-0.1, -0.05) is 60.6 Å². The molecule has 1 aliphatic rings. The summed E-state index contributed by atoms with van der Waals surface area (Å²) in [5, 5.41) is 11.0. The first kappa shape index (κ1) is 27.4. The van der Waals surface area contributed by atoms with Gasteiger partial charge in [0.15, 0.2) is 0 Å². The molecule has 3 rings (SSSR count). The highest BCUT2D eigenvalue weighted by atomic mass is 19.2. The number of phenolic OH excluding ortho intramolecular Hbond substituents is 1. The van der Waals surface area contributed by atoms with Crippen molar-refractivity contribution in [3.63, 3.8) is 0 Å². The molecule has 0 bridgehead atoms. The number of aromatic hydroxyl groups is 1. The normalized spacial score (nSPS) is 16.8. The molecule has 0 amide bonds. The van der Waals surface area contributed by atoms with Crippen molar-refractivity contribution >= 4 is 6.21 Å². The molecule has 0 saturated carbocycles. The van der Waals surface area contributed by atoms with Gasteiger partial charge in [-0.15, -0.1) is 0 Å². The summed E-state index contributed by atoms with van der Waals surface area (Å²) >= 11 is 0. The fraction of sp³-hybridized carbons (Fsp3) is 0.393. The number of rotatable bonds is 4. The molecule has 0 fully saturated rings. The Hall–Kier alpha value is -3.16. The van der Waals surface area contributed by atoms with Gasteiger partial charge < -0.3 is 9.84 Å². The summed E-state index contributed by atoms with van der Waals surface area (Å²) in [5.74, 6) is -12.1. The number of nitrogens with zero attached hydrogens (tertiary/aromatic N) is 1. The van der Waals surface area contributed by atoms with Crippen molar-refractivity contribution in [3.05, 3.63) is 81.5 Å². The zero-order chi connectivity index (χ0) is 27.2. The van der Waals surface area contributed by atoms with Crippen LogP contribution >= 0.6 is 0 Å². The van der Waals surface area contributed by atoms with E-state index < -0.39 is 34.8 Å². The maximum absolute atomic E-state index is 14.2. The minimum atomic E-state index is -2.26. The van der Waals surface area contributed by atoms with Crippen LogP contribution in [0, 0.1) is 35.0 Å². The summed E-state index contributed by atoms with van der Waals surface area (Å²) in [4.78, 5) is 4.37. The molecule has 2 aromatic rings. The van der Waals surface area contributed by atoms with Crippen LogP contribution in [0.15, 0.2) is 40.7 Å². The van der Waals surface area contributed by atoms with Crippen LogP contribution < -0.4 is 4.74 Å². The monoisotopic (exact) mass is 507 g/mol. The lowest BCUT2D eigenvalue weighted by Crippen LogP contribution is -2.17. The van der Waals surface area contributed by atoms with Gasteiger partial charge in [0.25, 0.3) is 0 Å². The molecule has 0 saturated heterocycles. The maximum Gasteiger partial charge on any atom is 0.207 e.